The Morgan fingerprint density at radius 3 is 0.721 bits per heavy atom. The molecule has 0 heterocycles. The molecule has 908 valence electrons. The first kappa shape index (κ1) is 184. The molecule has 2 heteroatoms. The molecule has 5 aliphatic carbocycles. The van der Waals surface area contributed by atoms with Gasteiger partial charge in [-0.05, 0) is 270 Å². The summed E-state index contributed by atoms with van der Waals surface area (Å²) in [5.74, 6) is 24.8. The Labute approximate surface area is 949 Å². The van der Waals surface area contributed by atoms with Gasteiger partial charge in [0.2, 0.25) is 0 Å². The molecule has 5 rings (SSSR count). The van der Waals surface area contributed by atoms with E-state index in [2.05, 4.69) is 482 Å². The standard InChI is InChI=1S/C9H20.C8H14.3C8H18.C7H12.5C7H16.C6H14O.2C6H12.3C6H14.C6H12.C6H10.C5H12O.C5H12.C4H10/c1-5-7-9(3,4)8-6-2;1-8(2)5-7(8)6-3-4-6;1-7(2)5-6-8(3)4;1-5-7-8(3,4)6-2;1-4-5-6-7-8(2)3;1-4-6-5-7(6,2)3;1-6(2)5-7(3)4;1-5-6-7(2,3)4;1-5-7(4)6(2)3;2*1-4-5-6-7(2)3;1-6(2)4-5-7-3;1-5-4-6(5,2)3;1-5(2)6-3-4-6;1-5(2)6(3)4;4*1-4-5-6(2)3;1-5(2)4-6-3;1-4-5(2)3;1-4(2)3/h5-8H2,1-4H3;6-7H,3-5H2,1-2H3;7-8H,5-6H2,1-4H3;5-7H2,1-4H3;8H,4-7H2,1-3H3;4,6H,1,5H2,2-3H3;6-7H,5H2,1-4H3;5-6H2,1-4H3;6-7H,5H2,1-4H3;2*7H,4-6H2,1-3H3;6H,4-5H2,1-3H3;5H,4H2,1-3H3;5-6H,3-4H2,1-2H3;5-6H,1-4H3;2*6H,4-5H2,1-3H3;4,6H,1,5H2,2-3H3;1,6H,5H2,2-3H3;5H,4H2,1-3H3;5H,4H2,1-3H3;4H,1-3H3. The zero-order chi connectivity index (χ0) is 120. The van der Waals surface area contributed by atoms with E-state index in [1.165, 1.54) is 231 Å². The van der Waals surface area contributed by atoms with E-state index < -0.39 is 0 Å². The van der Waals surface area contributed by atoms with Crippen LogP contribution in [0.3, 0.4) is 0 Å². The summed E-state index contributed by atoms with van der Waals surface area (Å²) < 4.78 is 9.66. The lowest BCUT2D eigenvalue weighted by molar-refractivity contribution is 0.167. The maximum absolute atomic E-state index is 4.98. The highest BCUT2D eigenvalue weighted by atomic mass is 16.5. The summed E-state index contributed by atoms with van der Waals surface area (Å²) in [5.41, 5.74) is 3.80. The predicted molar refractivity (Wildman–Crippen MR) is 705 cm³/mol. The second-order valence-electron chi connectivity index (χ2n) is 58.2. The molecule has 0 bridgehead atoms. The largest absolute Gasteiger partial charge is 0.385 e. The minimum Gasteiger partial charge on any atom is -0.385 e. The SMILES string of the molecule is C#CCC(C)C.C=CC1CC1(C)C.C=CCC(C)C.CC(C)C.CC(C)C(C)C.CC(C)C1CC1.CC(C)CC(C)C.CC(C)CCC(C)C.CC1(C)CC1C1CC1.CC1CC1(C)C.CCC(C)C.CCC(C)C(C)C.CCCC(C)(C)C.CCCC(C)(C)CC.CCCC(C)(C)CCC.CCCC(C)C.CCCC(C)C.CCCCC(C)C.CCCCC(C)C.CCCCCC(C)C.COCC(C)C.COCCC(C)C. The number of unbranched alkanes of at least 4 members (excludes halogenated alkanes) is 4. The molecule has 0 radical (unpaired) electrons. The third kappa shape index (κ3) is 228. The maximum atomic E-state index is 4.98. The van der Waals surface area contributed by atoms with E-state index in [1.807, 2.05) is 6.08 Å². The quantitative estimate of drug-likeness (QED) is 0.0345. The number of rotatable bonds is 42. The Kier molecular flexibility index (Phi) is 157. The summed E-state index contributed by atoms with van der Waals surface area (Å²) in [7, 11) is 3.46. The third-order valence-electron chi connectivity index (χ3n) is 27.1. The van der Waals surface area contributed by atoms with Gasteiger partial charge in [0.15, 0.2) is 0 Å². The number of methoxy groups -OCH3 is 2. The maximum Gasteiger partial charge on any atom is 0.0485 e. The van der Waals surface area contributed by atoms with Crippen molar-refractivity contribution in [3.63, 3.8) is 0 Å². The van der Waals surface area contributed by atoms with Crippen molar-refractivity contribution in [2.45, 2.75) is 701 Å². The van der Waals surface area contributed by atoms with Crippen LogP contribution in [-0.2, 0) is 9.47 Å². The molecular weight excluding hydrogens is 1770 g/mol. The predicted octanol–water partition coefficient (Wildman–Crippen LogP) is 53.5. The normalized spacial score (nSPS) is 15.3. The van der Waals surface area contributed by atoms with Crippen molar-refractivity contribution >= 4 is 0 Å². The van der Waals surface area contributed by atoms with Crippen molar-refractivity contribution in [1.29, 1.82) is 0 Å². The number of allylic oxidation sites excluding steroid dienone is 2. The van der Waals surface area contributed by atoms with E-state index in [-0.39, 0.29) is 0 Å². The number of ether oxygens (including phenoxy) is 2. The van der Waals surface area contributed by atoms with Crippen LogP contribution in [0.2, 0.25) is 0 Å². The molecule has 4 unspecified atom stereocenters. The Bertz CT molecular complexity index is 2270. The van der Waals surface area contributed by atoms with Crippen LogP contribution in [0.5, 0.6) is 0 Å². The molecule has 0 aromatic heterocycles. The second-order valence-corrected chi connectivity index (χ2v) is 58.2. The monoisotopic (exact) mass is 2090 g/mol. The fourth-order valence-corrected chi connectivity index (χ4v) is 13.8. The molecule has 5 saturated carbocycles. The molecular formula is C145H316O2. The van der Waals surface area contributed by atoms with E-state index in [4.69, 9.17) is 15.9 Å². The van der Waals surface area contributed by atoms with E-state index in [0.717, 1.165) is 168 Å². The van der Waals surface area contributed by atoms with Crippen LogP contribution in [0, 0.1) is 193 Å². The van der Waals surface area contributed by atoms with Crippen LogP contribution in [0.15, 0.2) is 25.3 Å². The van der Waals surface area contributed by atoms with Crippen LogP contribution in [0.4, 0.5) is 0 Å². The smallest absolute Gasteiger partial charge is 0.0485 e. The Balaban J connectivity index is -0.0000000804. The van der Waals surface area contributed by atoms with Crippen molar-refractivity contribution in [2.24, 2.45) is 180 Å². The number of hydrogen-bond acceptors (Lipinski definition) is 2. The lowest BCUT2D eigenvalue weighted by Gasteiger charge is -2.22. The molecule has 0 aromatic rings. The van der Waals surface area contributed by atoms with Gasteiger partial charge in [-0.25, -0.2) is 0 Å². The Hall–Kier alpha value is -1.04. The first-order valence-corrected chi connectivity index (χ1v) is 64.8. The van der Waals surface area contributed by atoms with Gasteiger partial charge >= 0.3 is 0 Å². The van der Waals surface area contributed by atoms with Crippen LogP contribution >= 0.6 is 0 Å². The van der Waals surface area contributed by atoms with Crippen molar-refractivity contribution in [3.05, 3.63) is 25.3 Å². The molecule has 5 fully saturated rings. The molecule has 0 aromatic carbocycles. The van der Waals surface area contributed by atoms with E-state index in [0.29, 0.717) is 38.9 Å². The van der Waals surface area contributed by atoms with Gasteiger partial charge < -0.3 is 9.47 Å². The van der Waals surface area contributed by atoms with Crippen LogP contribution in [0.25, 0.3) is 0 Å². The number of terminal acetylenes is 1. The molecule has 4 atom stereocenters. The Morgan fingerprint density at radius 2 is 0.653 bits per heavy atom. The minimum absolute atomic E-state index is 0.550. The van der Waals surface area contributed by atoms with Crippen molar-refractivity contribution in [3.8, 4) is 12.3 Å². The fraction of sp³-hybridized carbons (Fsp3) is 0.959. The van der Waals surface area contributed by atoms with Gasteiger partial charge in [0.05, 0.1) is 0 Å². The van der Waals surface area contributed by atoms with E-state index in [9.17, 15) is 0 Å². The average Bonchev–Trinajstić information content (AvgIpc) is 1.59. The van der Waals surface area contributed by atoms with Crippen molar-refractivity contribution < 1.29 is 9.47 Å². The summed E-state index contributed by atoms with van der Waals surface area (Å²) in [4.78, 5) is 0. The summed E-state index contributed by atoms with van der Waals surface area (Å²) in [6, 6.07) is 0. The Morgan fingerprint density at radius 1 is 0.340 bits per heavy atom. The zero-order valence-electron chi connectivity index (χ0n) is 118. The third-order valence-corrected chi connectivity index (χ3v) is 27.1. The first-order chi connectivity index (χ1) is 67.1. The highest BCUT2D eigenvalue weighted by molar-refractivity contribution is 5.05. The topological polar surface area (TPSA) is 18.5 Å². The molecule has 0 saturated heterocycles. The number of hydrogen-bond donors (Lipinski definition) is 0. The zero-order valence-corrected chi connectivity index (χ0v) is 118. The lowest BCUT2D eigenvalue weighted by Crippen LogP contribution is -2.09. The lowest BCUT2D eigenvalue weighted by atomic mass is 9.84. The summed E-state index contributed by atoms with van der Waals surface area (Å²) in [6.07, 6.45) is 60.7. The molecule has 0 amide bonds. The van der Waals surface area contributed by atoms with Gasteiger partial charge in [-0.3, -0.25) is 0 Å². The summed E-state index contributed by atoms with van der Waals surface area (Å²) in [6.45, 7) is 158. The van der Waals surface area contributed by atoms with Gasteiger partial charge in [-0.2, -0.15) is 0 Å². The summed E-state index contributed by atoms with van der Waals surface area (Å²) >= 11 is 0. The van der Waals surface area contributed by atoms with Gasteiger partial charge in [0.1, 0.15) is 0 Å². The molecule has 2 nitrogen and oxygen atoms in total. The molecule has 0 aliphatic heterocycles. The molecule has 0 N–H and O–H groups in total. The first-order valence-electron chi connectivity index (χ1n) is 64.8. The highest BCUT2D eigenvalue weighted by Crippen LogP contribution is 2.62. The highest BCUT2D eigenvalue weighted by Gasteiger charge is 2.53. The van der Waals surface area contributed by atoms with Crippen LogP contribution in [0.1, 0.15) is 701 Å². The summed E-state index contributed by atoms with van der Waals surface area (Å²) in [5, 5.41) is 0. The van der Waals surface area contributed by atoms with Crippen LogP contribution < -0.4 is 0 Å². The van der Waals surface area contributed by atoms with E-state index >= 15 is 0 Å². The van der Waals surface area contributed by atoms with Gasteiger partial charge in [0, 0.05) is 33.9 Å². The second kappa shape index (κ2) is 125. The van der Waals surface area contributed by atoms with Crippen LogP contribution in [-0.4, -0.2) is 27.4 Å². The molecule has 147 heavy (non-hydrogen) atoms. The van der Waals surface area contributed by atoms with Crippen molar-refractivity contribution in [2.75, 3.05) is 27.4 Å². The van der Waals surface area contributed by atoms with Gasteiger partial charge in [0.25, 0.3) is 0 Å². The van der Waals surface area contributed by atoms with E-state index in [1.54, 1.807) is 14.2 Å². The average molecular weight is 2090 g/mol. The minimum atomic E-state index is 0.550. The molecule has 5 aliphatic rings. The van der Waals surface area contributed by atoms with Gasteiger partial charge in [-0.1, -0.05) is 617 Å². The van der Waals surface area contributed by atoms with Gasteiger partial charge in [-0.15, -0.1) is 25.5 Å². The molecule has 0 spiro atoms. The van der Waals surface area contributed by atoms with Crippen molar-refractivity contribution in [1.82, 2.24) is 0 Å². The fourth-order valence-electron chi connectivity index (χ4n) is 13.8.